The Hall–Kier alpha value is -2.38. The zero-order valence-corrected chi connectivity index (χ0v) is 10.5. The summed E-state index contributed by atoms with van der Waals surface area (Å²) < 4.78 is 3.24. The lowest BCUT2D eigenvalue weighted by Gasteiger charge is -2.11. The monoisotopic (exact) mass is 249 g/mol. The molecule has 0 aliphatic rings. The van der Waals surface area contributed by atoms with Crippen molar-refractivity contribution in [1.29, 1.82) is 0 Å². The van der Waals surface area contributed by atoms with Gasteiger partial charge in [0.25, 0.3) is 5.91 Å². The molecule has 0 radical (unpaired) electrons. The summed E-state index contributed by atoms with van der Waals surface area (Å²) in [5.74, 6) is 0.335. The maximum absolute atomic E-state index is 12.0. The van der Waals surface area contributed by atoms with E-state index < -0.39 is 0 Å². The summed E-state index contributed by atoms with van der Waals surface area (Å²) in [6.45, 7) is 1.82. The number of aryl methyl sites for hydroxylation is 2. The lowest BCUT2D eigenvalue weighted by atomic mass is 10.3. The molecular formula is C10H15N7O. The smallest absolute Gasteiger partial charge is 0.274 e. The number of hydrogen-bond acceptors (Lipinski definition) is 5. The van der Waals surface area contributed by atoms with Crippen LogP contribution in [-0.2, 0) is 14.1 Å². The van der Waals surface area contributed by atoms with E-state index in [1.54, 1.807) is 24.1 Å². The van der Waals surface area contributed by atoms with Crippen LogP contribution in [0.25, 0.3) is 0 Å². The van der Waals surface area contributed by atoms with Crippen molar-refractivity contribution in [2.75, 3.05) is 5.73 Å². The second-order valence-corrected chi connectivity index (χ2v) is 4.10. The molecule has 8 nitrogen and oxygen atoms in total. The van der Waals surface area contributed by atoms with E-state index >= 15 is 0 Å². The van der Waals surface area contributed by atoms with E-state index in [-0.39, 0.29) is 17.6 Å². The van der Waals surface area contributed by atoms with Gasteiger partial charge >= 0.3 is 0 Å². The summed E-state index contributed by atoms with van der Waals surface area (Å²) in [6, 6.07) is -0.272. The molecule has 1 amide bonds. The van der Waals surface area contributed by atoms with Crippen LogP contribution in [0, 0.1) is 0 Å². The van der Waals surface area contributed by atoms with Crippen LogP contribution in [0.5, 0.6) is 0 Å². The summed E-state index contributed by atoms with van der Waals surface area (Å²) in [4.78, 5) is 12.0. The third-order valence-electron chi connectivity index (χ3n) is 2.55. The van der Waals surface area contributed by atoms with Crippen LogP contribution >= 0.6 is 0 Å². The highest BCUT2D eigenvalue weighted by Crippen LogP contribution is 2.12. The van der Waals surface area contributed by atoms with Gasteiger partial charge in [0, 0.05) is 20.3 Å². The molecule has 0 saturated heterocycles. The first-order chi connectivity index (χ1) is 8.49. The standard InChI is InChI=1S/C10H15N7O/c1-6(9-14-12-5-16(9)2)13-10(18)8-7(11)4-17(3)15-8/h4-6H,11H2,1-3H3,(H,13,18). The zero-order valence-electron chi connectivity index (χ0n) is 10.5. The molecule has 96 valence electrons. The summed E-state index contributed by atoms with van der Waals surface area (Å²) in [7, 11) is 3.52. The molecule has 2 rings (SSSR count). The first-order valence-electron chi connectivity index (χ1n) is 5.43. The van der Waals surface area contributed by atoms with Crippen LogP contribution in [0.3, 0.4) is 0 Å². The molecule has 0 aliphatic heterocycles. The highest BCUT2D eigenvalue weighted by molar-refractivity contribution is 5.97. The van der Waals surface area contributed by atoms with E-state index in [1.165, 1.54) is 4.68 Å². The van der Waals surface area contributed by atoms with Gasteiger partial charge in [-0.25, -0.2) is 0 Å². The van der Waals surface area contributed by atoms with E-state index in [9.17, 15) is 4.79 Å². The number of amides is 1. The number of nitrogens with one attached hydrogen (secondary N) is 1. The number of anilines is 1. The Labute approximate surface area is 104 Å². The predicted molar refractivity (Wildman–Crippen MR) is 64.5 cm³/mol. The number of carbonyl (C=O) groups excluding carboxylic acids is 1. The number of nitrogens with zero attached hydrogens (tertiary/aromatic N) is 5. The van der Waals surface area contributed by atoms with Crippen molar-refractivity contribution in [2.45, 2.75) is 13.0 Å². The van der Waals surface area contributed by atoms with E-state index in [1.807, 2.05) is 14.0 Å². The molecule has 0 aromatic carbocycles. The fourth-order valence-corrected chi connectivity index (χ4v) is 1.70. The Kier molecular flexibility index (Phi) is 3.00. The lowest BCUT2D eigenvalue weighted by molar-refractivity contribution is 0.0933. The quantitative estimate of drug-likeness (QED) is 0.771. The minimum absolute atomic E-state index is 0.214. The van der Waals surface area contributed by atoms with Gasteiger partial charge in [0.1, 0.15) is 6.33 Å². The Morgan fingerprint density at radius 3 is 2.72 bits per heavy atom. The molecule has 2 aromatic heterocycles. The topological polar surface area (TPSA) is 104 Å². The fourth-order valence-electron chi connectivity index (χ4n) is 1.70. The second-order valence-electron chi connectivity index (χ2n) is 4.10. The van der Waals surface area contributed by atoms with Crippen LogP contribution in [0.2, 0.25) is 0 Å². The predicted octanol–water partition coefficient (Wildman–Crippen LogP) is -0.378. The molecule has 3 N–H and O–H groups in total. The van der Waals surface area contributed by atoms with E-state index in [4.69, 9.17) is 5.73 Å². The largest absolute Gasteiger partial charge is 0.396 e. The number of nitrogen functional groups attached to an aromatic ring is 1. The van der Waals surface area contributed by atoms with E-state index in [0.29, 0.717) is 11.5 Å². The molecule has 1 unspecified atom stereocenters. The average Bonchev–Trinajstić information content (AvgIpc) is 2.84. The SMILES string of the molecule is CC(NC(=O)c1nn(C)cc1N)c1nncn1C. The minimum Gasteiger partial charge on any atom is -0.396 e. The molecule has 2 heterocycles. The molecule has 18 heavy (non-hydrogen) atoms. The van der Waals surface area contributed by atoms with Crippen LogP contribution in [-0.4, -0.2) is 30.5 Å². The molecule has 1 atom stereocenters. The average molecular weight is 249 g/mol. The molecule has 0 spiro atoms. The van der Waals surface area contributed by atoms with Crippen molar-refractivity contribution in [1.82, 2.24) is 29.9 Å². The molecule has 8 heteroatoms. The number of hydrogen-bond donors (Lipinski definition) is 2. The molecular weight excluding hydrogens is 234 g/mol. The van der Waals surface area contributed by atoms with Crippen molar-refractivity contribution < 1.29 is 4.79 Å². The summed E-state index contributed by atoms with van der Waals surface area (Å²) in [6.07, 6.45) is 3.16. The third kappa shape index (κ3) is 2.17. The van der Waals surface area contributed by atoms with Crippen molar-refractivity contribution in [3.63, 3.8) is 0 Å². The van der Waals surface area contributed by atoms with E-state index in [0.717, 1.165) is 0 Å². The molecule has 0 saturated carbocycles. The van der Waals surface area contributed by atoms with Gasteiger partial charge in [-0.05, 0) is 6.92 Å². The molecule has 2 aromatic rings. The summed E-state index contributed by atoms with van der Waals surface area (Å²) >= 11 is 0. The maximum atomic E-state index is 12.0. The second kappa shape index (κ2) is 4.47. The molecule has 0 fully saturated rings. The lowest BCUT2D eigenvalue weighted by Crippen LogP contribution is -2.29. The van der Waals surface area contributed by atoms with Gasteiger partial charge in [-0.3, -0.25) is 9.48 Å². The first kappa shape index (κ1) is 12.1. The minimum atomic E-state index is -0.330. The maximum Gasteiger partial charge on any atom is 0.274 e. The summed E-state index contributed by atoms with van der Waals surface area (Å²) in [5, 5.41) is 14.5. The van der Waals surface area contributed by atoms with E-state index in [2.05, 4.69) is 20.6 Å². The van der Waals surface area contributed by atoms with Crippen LogP contribution in [0.1, 0.15) is 29.3 Å². The fraction of sp³-hybridized carbons (Fsp3) is 0.400. The Morgan fingerprint density at radius 2 is 2.22 bits per heavy atom. The van der Waals surface area contributed by atoms with Gasteiger partial charge in [0.05, 0.1) is 11.7 Å². The number of carbonyl (C=O) groups is 1. The van der Waals surface area contributed by atoms with Crippen molar-refractivity contribution in [3.05, 3.63) is 24.0 Å². The highest BCUT2D eigenvalue weighted by Gasteiger charge is 2.19. The summed E-state index contributed by atoms with van der Waals surface area (Å²) in [5.41, 5.74) is 6.25. The van der Waals surface area contributed by atoms with Gasteiger partial charge in [0.2, 0.25) is 0 Å². The van der Waals surface area contributed by atoms with Gasteiger partial charge in [-0.1, -0.05) is 0 Å². The number of rotatable bonds is 3. The zero-order chi connectivity index (χ0) is 13.3. The van der Waals surface area contributed by atoms with Gasteiger partial charge in [-0.2, -0.15) is 5.10 Å². The Bertz CT molecular complexity index is 571. The van der Waals surface area contributed by atoms with Crippen molar-refractivity contribution >= 4 is 11.6 Å². The van der Waals surface area contributed by atoms with Crippen LogP contribution in [0.4, 0.5) is 5.69 Å². The normalized spacial score (nSPS) is 12.4. The number of aromatic nitrogens is 5. The third-order valence-corrected chi connectivity index (χ3v) is 2.55. The van der Waals surface area contributed by atoms with Crippen LogP contribution < -0.4 is 11.1 Å². The van der Waals surface area contributed by atoms with Gasteiger partial charge in [0.15, 0.2) is 11.5 Å². The molecule has 0 aliphatic carbocycles. The van der Waals surface area contributed by atoms with Crippen LogP contribution in [0.15, 0.2) is 12.5 Å². The highest BCUT2D eigenvalue weighted by atomic mass is 16.2. The van der Waals surface area contributed by atoms with Gasteiger partial charge in [-0.15, -0.1) is 10.2 Å². The number of nitrogens with two attached hydrogens (primary N) is 1. The van der Waals surface area contributed by atoms with Crippen molar-refractivity contribution in [2.24, 2.45) is 14.1 Å². The van der Waals surface area contributed by atoms with Gasteiger partial charge < -0.3 is 15.6 Å². The Balaban J connectivity index is 2.13. The van der Waals surface area contributed by atoms with Crippen molar-refractivity contribution in [3.8, 4) is 0 Å². The Morgan fingerprint density at radius 1 is 1.50 bits per heavy atom. The molecule has 0 bridgehead atoms. The first-order valence-corrected chi connectivity index (χ1v) is 5.43.